The fourth-order valence-electron chi connectivity index (χ4n) is 2.20. The van der Waals surface area contributed by atoms with Crippen molar-refractivity contribution in [3.8, 4) is 0 Å². The molecule has 1 atom stereocenters. The van der Waals surface area contributed by atoms with Crippen LogP contribution >= 0.6 is 11.8 Å². The molecule has 1 N–H and O–H groups in total. The average Bonchev–Trinajstić information content (AvgIpc) is 2.47. The Morgan fingerprint density at radius 2 is 1.63 bits per heavy atom. The maximum Gasteiger partial charge on any atom is 0.0328 e. The van der Waals surface area contributed by atoms with E-state index in [-0.39, 0.29) is 0 Å². The van der Waals surface area contributed by atoms with Crippen LogP contribution in [-0.4, -0.2) is 6.54 Å². The van der Waals surface area contributed by atoms with Crippen LogP contribution < -0.4 is 5.32 Å². The van der Waals surface area contributed by atoms with Crippen LogP contribution in [0, 0.1) is 0 Å². The molecule has 0 fully saturated rings. The summed E-state index contributed by atoms with van der Waals surface area (Å²) in [6.45, 7) is 5.40. The van der Waals surface area contributed by atoms with Crippen LogP contribution in [0.3, 0.4) is 0 Å². The molecule has 0 spiro atoms. The lowest BCUT2D eigenvalue weighted by Gasteiger charge is -2.19. The number of hydrogen-bond donors (Lipinski definition) is 1. The Labute approximate surface area is 120 Å². The lowest BCUT2D eigenvalue weighted by molar-refractivity contribution is 0.530. The van der Waals surface area contributed by atoms with Crippen molar-refractivity contribution in [3.63, 3.8) is 0 Å². The minimum absolute atomic E-state index is 0.442. The van der Waals surface area contributed by atoms with Gasteiger partial charge in [0.05, 0.1) is 0 Å². The van der Waals surface area contributed by atoms with Crippen LogP contribution in [0.2, 0.25) is 0 Å². The lowest BCUT2D eigenvalue weighted by Crippen LogP contribution is -2.20. The highest BCUT2D eigenvalue weighted by Crippen LogP contribution is 2.33. The molecule has 0 amide bonds. The van der Waals surface area contributed by atoms with Gasteiger partial charge >= 0.3 is 0 Å². The number of hydrogen-bond acceptors (Lipinski definition) is 2. The monoisotopic (exact) mass is 271 g/mol. The van der Waals surface area contributed by atoms with E-state index in [1.807, 2.05) is 11.8 Å². The van der Waals surface area contributed by atoms with Crippen LogP contribution in [0.25, 0.3) is 0 Å². The SMILES string of the molecule is CCNC(CC)c1ccccc1Sc1ccccc1. The molecular weight excluding hydrogens is 250 g/mol. The number of benzene rings is 2. The fraction of sp³-hybridized carbons (Fsp3) is 0.294. The van der Waals surface area contributed by atoms with Crippen molar-refractivity contribution >= 4 is 11.8 Å². The van der Waals surface area contributed by atoms with Gasteiger partial charge in [-0.1, -0.05) is 62.0 Å². The van der Waals surface area contributed by atoms with Crippen molar-refractivity contribution in [1.29, 1.82) is 0 Å². The van der Waals surface area contributed by atoms with Crippen molar-refractivity contribution in [2.45, 2.75) is 36.1 Å². The van der Waals surface area contributed by atoms with E-state index >= 15 is 0 Å². The Balaban J connectivity index is 2.25. The molecule has 1 unspecified atom stereocenters. The van der Waals surface area contributed by atoms with Crippen LogP contribution in [0.1, 0.15) is 31.9 Å². The molecule has 0 heterocycles. The van der Waals surface area contributed by atoms with Crippen LogP contribution in [0.4, 0.5) is 0 Å². The first kappa shape index (κ1) is 14.2. The van der Waals surface area contributed by atoms with E-state index in [0.29, 0.717) is 6.04 Å². The molecule has 0 aliphatic heterocycles. The minimum atomic E-state index is 0.442. The van der Waals surface area contributed by atoms with Gasteiger partial charge in [-0.05, 0) is 36.7 Å². The smallest absolute Gasteiger partial charge is 0.0328 e. The molecule has 0 aliphatic carbocycles. The lowest BCUT2D eigenvalue weighted by atomic mass is 10.0. The van der Waals surface area contributed by atoms with Gasteiger partial charge in [-0.2, -0.15) is 0 Å². The summed E-state index contributed by atoms with van der Waals surface area (Å²) in [6.07, 6.45) is 1.11. The molecule has 0 radical (unpaired) electrons. The van der Waals surface area contributed by atoms with E-state index in [2.05, 4.69) is 73.8 Å². The topological polar surface area (TPSA) is 12.0 Å². The Hall–Kier alpha value is -1.25. The minimum Gasteiger partial charge on any atom is -0.310 e. The maximum absolute atomic E-state index is 3.56. The molecule has 0 saturated heterocycles. The summed E-state index contributed by atoms with van der Waals surface area (Å²) in [6, 6.07) is 19.7. The highest BCUT2D eigenvalue weighted by molar-refractivity contribution is 7.99. The van der Waals surface area contributed by atoms with Crippen molar-refractivity contribution in [2.75, 3.05) is 6.54 Å². The predicted octanol–water partition coefficient (Wildman–Crippen LogP) is 4.90. The predicted molar refractivity (Wildman–Crippen MR) is 83.7 cm³/mol. The first-order valence-electron chi connectivity index (χ1n) is 6.90. The van der Waals surface area contributed by atoms with E-state index in [1.54, 1.807) is 0 Å². The zero-order chi connectivity index (χ0) is 13.5. The molecule has 0 saturated carbocycles. The Bertz CT molecular complexity index is 496. The van der Waals surface area contributed by atoms with Crippen molar-refractivity contribution in [1.82, 2.24) is 5.32 Å². The molecule has 19 heavy (non-hydrogen) atoms. The van der Waals surface area contributed by atoms with E-state index in [1.165, 1.54) is 15.4 Å². The van der Waals surface area contributed by atoms with E-state index in [9.17, 15) is 0 Å². The molecule has 0 aromatic heterocycles. The second kappa shape index (κ2) is 7.37. The Morgan fingerprint density at radius 1 is 0.947 bits per heavy atom. The van der Waals surface area contributed by atoms with Crippen LogP contribution in [-0.2, 0) is 0 Å². The highest BCUT2D eigenvalue weighted by atomic mass is 32.2. The first-order valence-corrected chi connectivity index (χ1v) is 7.72. The third kappa shape index (κ3) is 3.85. The molecule has 2 aromatic rings. The zero-order valence-corrected chi connectivity index (χ0v) is 12.4. The summed E-state index contributed by atoms with van der Waals surface area (Å²) in [5.74, 6) is 0. The second-order valence-electron chi connectivity index (χ2n) is 4.47. The van der Waals surface area contributed by atoms with Gasteiger partial charge in [-0.15, -0.1) is 0 Å². The number of nitrogens with one attached hydrogen (secondary N) is 1. The summed E-state index contributed by atoms with van der Waals surface area (Å²) < 4.78 is 0. The fourth-order valence-corrected chi connectivity index (χ4v) is 3.22. The van der Waals surface area contributed by atoms with Crippen molar-refractivity contribution in [2.24, 2.45) is 0 Å². The van der Waals surface area contributed by atoms with Gasteiger partial charge in [0.25, 0.3) is 0 Å². The van der Waals surface area contributed by atoms with Gasteiger partial charge in [0.2, 0.25) is 0 Å². The summed E-state index contributed by atoms with van der Waals surface area (Å²) in [4.78, 5) is 2.64. The molecule has 1 nitrogen and oxygen atoms in total. The van der Waals surface area contributed by atoms with Gasteiger partial charge in [-0.25, -0.2) is 0 Å². The third-order valence-electron chi connectivity index (χ3n) is 3.12. The number of rotatable bonds is 6. The maximum atomic E-state index is 3.56. The Kier molecular flexibility index (Phi) is 5.49. The molecule has 2 rings (SSSR count). The molecule has 2 heteroatoms. The van der Waals surface area contributed by atoms with Gasteiger partial charge in [0.1, 0.15) is 0 Å². The standard InChI is InChI=1S/C17H21NS/c1-3-16(18-4-2)15-12-8-9-13-17(15)19-14-10-6-5-7-11-14/h5-13,16,18H,3-4H2,1-2H3. The van der Waals surface area contributed by atoms with Crippen LogP contribution in [0.15, 0.2) is 64.4 Å². The molecule has 0 bridgehead atoms. The van der Waals surface area contributed by atoms with Crippen molar-refractivity contribution in [3.05, 3.63) is 60.2 Å². The zero-order valence-electron chi connectivity index (χ0n) is 11.6. The summed E-state index contributed by atoms with van der Waals surface area (Å²) in [5.41, 5.74) is 1.40. The van der Waals surface area contributed by atoms with Crippen molar-refractivity contribution < 1.29 is 0 Å². The summed E-state index contributed by atoms with van der Waals surface area (Å²) in [5, 5.41) is 3.56. The quantitative estimate of drug-likeness (QED) is 0.802. The first-order chi connectivity index (χ1) is 9.35. The molecular formula is C17H21NS. The van der Waals surface area contributed by atoms with E-state index < -0.39 is 0 Å². The Morgan fingerprint density at radius 3 is 2.32 bits per heavy atom. The molecule has 0 aliphatic rings. The van der Waals surface area contributed by atoms with E-state index in [0.717, 1.165) is 13.0 Å². The van der Waals surface area contributed by atoms with Gasteiger partial charge in [0, 0.05) is 15.8 Å². The summed E-state index contributed by atoms with van der Waals surface area (Å²) in [7, 11) is 0. The van der Waals surface area contributed by atoms with Crippen LogP contribution in [0.5, 0.6) is 0 Å². The average molecular weight is 271 g/mol. The highest BCUT2D eigenvalue weighted by Gasteiger charge is 2.12. The normalized spacial score (nSPS) is 12.3. The van der Waals surface area contributed by atoms with Gasteiger partial charge < -0.3 is 5.32 Å². The van der Waals surface area contributed by atoms with E-state index in [4.69, 9.17) is 0 Å². The largest absolute Gasteiger partial charge is 0.310 e. The van der Waals surface area contributed by atoms with Gasteiger partial charge in [-0.3, -0.25) is 0 Å². The third-order valence-corrected chi connectivity index (χ3v) is 4.22. The summed E-state index contributed by atoms with van der Waals surface area (Å²) >= 11 is 1.84. The second-order valence-corrected chi connectivity index (χ2v) is 5.59. The molecule has 2 aromatic carbocycles. The molecule has 100 valence electrons. The van der Waals surface area contributed by atoms with Gasteiger partial charge in [0.15, 0.2) is 0 Å².